The summed E-state index contributed by atoms with van der Waals surface area (Å²) in [6.45, 7) is 2.79. The summed E-state index contributed by atoms with van der Waals surface area (Å²) < 4.78 is 19.1. The van der Waals surface area contributed by atoms with Crippen molar-refractivity contribution in [2.24, 2.45) is 0 Å². The van der Waals surface area contributed by atoms with E-state index in [1.54, 1.807) is 0 Å². The smallest absolute Gasteiger partial charge is 0.135 e. The fourth-order valence-electron chi connectivity index (χ4n) is 3.25. The molecule has 0 bridgehead atoms. The number of hydrogen-bond donors (Lipinski definition) is 1. The molecule has 1 heterocycles. The van der Waals surface area contributed by atoms with Gasteiger partial charge in [0.05, 0.1) is 0 Å². The molecule has 130 valence electrons. The molecule has 0 aliphatic carbocycles. The van der Waals surface area contributed by atoms with Crippen LogP contribution in [-0.2, 0) is 0 Å². The van der Waals surface area contributed by atoms with E-state index in [9.17, 15) is 4.39 Å². The van der Waals surface area contributed by atoms with E-state index in [0.29, 0.717) is 6.54 Å². The van der Waals surface area contributed by atoms with Crippen LogP contribution >= 0.6 is 0 Å². The molecule has 3 aromatic carbocycles. The molecular weight excluding hydrogens is 325 g/mol. The second-order valence-corrected chi connectivity index (χ2v) is 6.39. The standard InChI is InChI=1S/C23H20FNO/c1-16(17-10-12-18(24)13-11-17)25-15-14-19-20-6-2-4-8-22(20)26-23-9-5-3-7-21(19)23/h2-14,16,25H,15H2,1H3/t16-/m1/s1. The molecule has 1 atom stereocenters. The Bertz CT molecular complexity index is 899. The van der Waals surface area contributed by atoms with E-state index in [1.165, 1.54) is 17.7 Å². The van der Waals surface area contributed by atoms with E-state index in [1.807, 2.05) is 48.5 Å². The summed E-state index contributed by atoms with van der Waals surface area (Å²) in [6, 6.07) is 22.9. The SMILES string of the molecule is C[C@@H](NCC=C1c2ccccc2Oc2ccccc21)c1ccc(F)cc1. The van der Waals surface area contributed by atoms with E-state index in [2.05, 4.69) is 30.4 Å². The normalized spacial score (nSPS) is 13.4. The number of ether oxygens (including phenoxy) is 1. The lowest BCUT2D eigenvalue weighted by Crippen LogP contribution is -2.19. The number of benzene rings is 3. The molecule has 0 saturated heterocycles. The van der Waals surface area contributed by atoms with Gasteiger partial charge < -0.3 is 10.1 Å². The largest absolute Gasteiger partial charge is 0.456 e. The van der Waals surface area contributed by atoms with Gasteiger partial charge in [-0.05, 0) is 42.3 Å². The molecule has 1 N–H and O–H groups in total. The van der Waals surface area contributed by atoms with Crippen molar-refractivity contribution < 1.29 is 9.13 Å². The molecule has 0 aromatic heterocycles. The Morgan fingerprint density at radius 3 is 2.08 bits per heavy atom. The molecule has 3 heteroatoms. The van der Waals surface area contributed by atoms with Gasteiger partial charge in [0.1, 0.15) is 17.3 Å². The summed E-state index contributed by atoms with van der Waals surface area (Å²) in [5.41, 5.74) is 4.43. The highest BCUT2D eigenvalue weighted by atomic mass is 19.1. The number of para-hydroxylation sites is 2. The topological polar surface area (TPSA) is 21.3 Å². The van der Waals surface area contributed by atoms with E-state index in [-0.39, 0.29) is 11.9 Å². The molecule has 0 unspecified atom stereocenters. The zero-order valence-electron chi connectivity index (χ0n) is 14.6. The van der Waals surface area contributed by atoms with Crippen LogP contribution in [0.25, 0.3) is 5.57 Å². The lowest BCUT2D eigenvalue weighted by molar-refractivity contribution is 0.474. The van der Waals surface area contributed by atoms with Gasteiger partial charge >= 0.3 is 0 Å². The molecule has 1 aliphatic rings. The minimum absolute atomic E-state index is 0.137. The molecule has 0 saturated carbocycles. The Hall–Kier alpha value is -2.91. The van der Waals surface area contributed by atoms with Crippen LogP contribution in [0.3, 0.4) is 0 Å². The van der Waals surface area contributed by atoms with Gasteiger partial charge in [-0.1, -0.05) is 54.6 Å². The summed E-state index contributed by atoms with van der Waals surface area (Å²) in [6.07, 6.45) is 2.19. The fourth-order valence-corrected chi connectivity index (χ4v) is 3.25. The van der Waals surface area contributed by atoms with Crippen molar-refractivity contribution in [3.63, 3.8) is 0 Å². The van der Waals surface area contributed by atoms with Crippen LogP contribution in [0.15, 0.2) is 78.9 Å². The predicted molar refractivity (Wildman–Crippen MR) is 103 cm³/mol. The highest BCUT2D eigenvalue weighted by Crippen LogP contribution is 2.42. The molecule has 0 fully saturated rings. The second-order valence-electron chi connectivity index (χ2n) is 6.39. The fraction of sp³-hybridized carbons (Fsp3) is 0.130. The maximum atomic E-state index is 13.1. The van der Waals surface area contributed by atoms with Crippen LogP contribution in [0.2, 0.25) is 0 Å². The number of fused-ring (bicyclic) bond motifs is 2. The van der Waals surface area contributed by atoms with Crippen molar-refractivity contribution in [1.82, 2.24) is 5.32 Å². The summed E-state index contributed by atoms with van der Waals surface area (Å²) in [5, 5.41) is 3.49. The second kappa shape index (κ2) is 7.14. The predicted octanol–water partition coefficient (Wildman–Crippen LogP) is 5.71. The third-order valence-corrected chi connectivity index (χ3v) is 4.67. The van der Waals surface area contributed by atoms with E-state index in [4.69, 9.17) is 4.74 Å². The van der Waals surface area contributed by atoms with Gasteiger partial charge in [0.2, 0.25) is 0 Å². The summed E-state index contributed by atoms with van der Waals surface area (Å²) in [7, 11) is 0. The maximum Gasteiger partial charge on any atom is 0.135 e. The number of halogens is 1. The van der Waals surface area contributed by atoms with E-state index < -0.39 is 0 Å². The summed E-state index contributed by atoms with van der Waals surface area (Å²) in [4.78, 5) is 0. The van der Waals surface area contributed by atoms with Crippen LogP contribution < -0.4 is 10.1 Å². The van der Waals surface area contributed by atoms with Crippen molar-refractivity contribution >= 4 is 5.57 Å². The van der Waals surface area contributed by atoms with Gasteiger partial charge in [-0.2, -0.15) is 0 Å². The van der Waals surface area contributed by atoms with Crippen LogP contribution in [0.4, 0.5) is 4.39 Å². The van der Waals surface area contributed by atoms with Crippen LogP contribution in [-0.4, -0.2) is 6.54 Å². The first-order chi connectivity index (χ1) is 12.7. The Morgan fingerprint density at radius 1 is 0.885 bits per heavy atom. The molecule has 2 nitrogen and oxygen atoms in total. The van der Waals surface area contributed by atoms with Gasteiger partial charge in [-0.25, -0.2) is 4.39 Å². The van der Waals surface area contributed by atoms with E-state index >= 15 is 0 Å². The quantitative estimate of drug-likeness (QED) is 0.511. The average Bonchev–Trinajstić information content (AvgIpc) is 2.68. The van der Waals surface area contributed by atoms with Gasteiger partial charge in [0.15, 0.2) is 0 Å². The Kier molecular flexibility index (Phi) is 4.55. The monoisotopic (exact) mass is 345 g/mol. The van der Waals surface area contributed by atoms with Gasteiger partial charge in [-0.3, -0.25) is 0 Å². The number of hydrogen-bond acceptors (Lipinski definition) is 2. The lowest BCUT2D eigenvalue weighted by Gasteiger charge is -2.23. The van der Waals surface area contributed by atoms with Crippen molar-refractivity contribution in [3.05, 3.63) is 101 Å². The zero-order valence-corrected chi connectivity index (χ0v) is 14.6. The van der Waals surface area contributed by atoms with Gasteiger partial charge in [-0.15, -0.1) is 0 Å². The minimum Gasteiger partial charge on any atom is -0.456 e. The third kappa shape index (κ3) is 3.26. The zero-order chi connectivity index (χ0) is 17.9. The van der Waals surface area contributed by atoms with Crippen LogP contribution in [0, 0.1) is 5.82 Å². The first-order valence-corrected chi connectivity index (χ1v) is 8.78. The lowest BCUT2D eigenvalue weighted by atomic mass is 9.93. The maximum absolute atomic E-state index is 13.1. The minimum atomic E-state index is -0.210. The molecule has 4 rings (SSSR count). The van der Waals surface area contributed by atoms with Crippen molar-refractivity contribution in [1.29, 1.82) is 0 Å². The van der Waals surface area contributed by atoms with Crippen molar-refractivity contribution in [2.75, 3.05) is 6.54 Å². The van der Waals surface area contributed by atoms with Crippen LogP contribution in [0.1, 0.15) is 29.7 Å². The molecule has 0 radical (unpaired) electrons. The molecule has 0 spiro atoms. The van der Waals surface area contributed by atoms with Crippen LogP contribution in [0.5, 0.6) is 11.5 Å². The molecule has 0 amide bonds. The summed E-state index contributed by atoms with van der Waals surface area (Å²) >= 11 is 0. The summed E-state index contributed by atoms with van der Waals surface area (Å²) in [5.74, 6) is 1.55. The highest BCUT2D eigenvalue weighted by Gasteiger charge is 2.20. The van der Waals surface area contributed by atoms with Crippen molar-refractivity contribution in [3.8, 4) is 11.5 Å². The highest BCUT2D eigenvalue weighted by molar-refractivity contribution is 5.87. The van der Waals surface area contributed by atoms with Gasteiger partial charge in [0.25, 0.3) is 0 Å². The Morgan fingerprint density at radius 2 is 1.46 bits per heavy atom. The first-order valence-electron chi connectivity index (χ1n) is 8.78. The molecule has 3 aromatic rings. The Balaban J connectivity index is 1.58. The Labute approximate surface area is 153 Å². The molecule has 26 heavy (non-hydrogen) atoms. The number of rotatable bonds is 4. The third-order valence-electron chi connectivity index (χ3n) is 4.67. The first kappa shape index (κ1) is 16.6. The average molecular weight is 345 g/mol. The van der Waals surface area contributed by atoms with Crippen molar-refractivity contribution in [2.45, 2.75) is 13.0 Å². The van der Waals surface area contributed by atoms with Gasteiger partial charge in [0, 0.05) is 23.7 Å². The van der Waals surface area contributed by atoms with E-state index in [0.717, 1.165) is 28.2 Å². The molecular formula is C23H20FNO. The number of nitrogens with one attached hydrogen (secondary N) is 1. The molecule has 1 aliphatic heterocycles.